The van der Waals surface area contributed by atoms with E-state index in [0.717, 1.165) is 25.1 Å². The third-order valence-electron chi connectivity index (χ3n) is 3.93. The van der Waals surface area contributed by atoms with Gasteiger partial charge >= 0.3 is 18.1 Å². The normalized spacial score (nSPS) is 16.7. The lowest BCUT2D eigenvalue weighted by Gasteiger charge is -2.35. The number of alkyl halides is 3. The molecule has 8 nitrogen and oxygen atoms in total. The van der Waals surface area contributed by atoms with Crippen LogP contribution in [0.1, 0.15) is 40.0 Å². The number of rotatable bonds is 8. The van der Waals surface area contributed by atoms with Gasteiger partial charge in [-0.05, 0) is 12.8 Å². The van der Waals surface area contributed by atoms with Gasteiger partial charge in [0.1, 0.15) is 0 Å². The first kappa shape index (κ1) is 29.4. The van der Waals surface area contributed by atoms with Crippen molar-refractivity contribution in [2.75, 3.05) is 31.1 Å². The molecule has 0 bridgehead atoms. The Morgan fingerprint density at radius 3 is 2.10 bits per heavy atom. The summed E-state index contributed by atoms with van der Waals surface area (Å²) in [6.07, 6.45) is -3.25. The molecule has 1 fully saturated rings. The van der Waals surface area contributed by atoms with Crippen LogP contribution in [0.15, 0.2) is 0 Å². The fourth-order valence-corrected chi connectivity index (χ4v) is 4.34. The minimum absolute atomic E-state index is 0.0116. The topological polar surface area (TPSA) is 124 Å². The number of nitrogens with zero attached hydrogens (tertiary/aromatic N) is 1. The maximum Gasteiger partial charge on any atom is 0.490 e. The third kappa shape index (κ3) is 13.4. The summed E-state index contributed by atoms with van der Waals surface area (Å²) in [6, 6.07) is 0. The summed E-state index contributed by atoms with van der Waals surface area (Å²) in [5.74, 6) is -2.25. The Hall–Kier alpha value is -1.63. The Labute approximate surface area is 187 Å². The molecule has 1 saturated heterocycles. The highest BCUT2D eigenvalue weighted by Gasteiger charge is 2.38. The molecule has 1 aliphatic heterocycles. The van der Waals surface area contributed by atoms with Crippen LogP contribution in [0.4, 0.5) is 13.2 Å². The van der Waals surface area contributed by atoms with Gasteiger partial charge in [-0.1, -0.05) is 42.4 Å². The number of amides is 2. The summed E-state index contributed by atoms with van der Waals surface area (Å²) in [4.78, 5) is 45.7. The number of aliphatic carboxylic acids is 2. The van der Waals surface area contributed by atoms with Gasteiger partial charge in [-0.25, -0.2) is 4.79 Å². The second kappa shape index (κ2) is 13.7. The molecule has 1 heterocycles. The first-order valence-corrected chi connectivity index (χ1v) is 12.0. The predicted molar refractivity (Wildman–Crippen MR) is 113 cm³/mol. The Kier molecular flexibility index (Phi) is 13.0. The van der Waals surface area contributed by atoms with E-state index < -0.39 is 23.5 Å². The largest absolute Gasteiger partial charge is 0.490 e. The number of halogens is 3. The smallest absolute Gasteiger partial charge is 0.481 e. The quantitative estimate of drug-likeness (QED) is 0.351. The molecule has 0 saturated carbocycles. The highest BCUT2D eigenvalue weighted by atomic mass is 33.1. The molecular formula is C18H29F3N2O6S2. The number of nitrogens with one attached hydrogen (secondary N) is 1. The van der Waals surface area contributed by atoms with Crippen molar-refractivity contribution in [2.24, 2.45) is 11.3 Å². The van der Waals surface area contributed by atoms with Gasteiger partial charge in [0.25, 0.3) is 0 Å². The molecule has 0 spiro atoms. The standard InChI is InChI=1S/C16H28N2O4S2.C2HF3O2/c1-16(2,3)15(22)18-8-4-5-12(11-18)14(21)17-7-10-24-23-9-6-13(19)20;3-2(4,5)1(6)7/h12H,4-11H2,1-3H3,(H,17,21)(H,19,20);(H,6,7). The molecule has 1 rings (SSSR count). The molecular weight excluding hydrogens is 461 g/mol. The first-order chi connectivity index (χ1) is 14.2. The number of piperidine rings is 1. The van der Waals surface area contributed by atoms with E-state index in [1.807, 2.05) is 25.7 Å². The molecule has 0 aromatic heterocycles. The number of carbonyl (C=O) groups is 4. The summed E-state index contributed by atoms with van der Waals surface area (Å²) in [7, 11) is 3.07. The van der Waals surface area contributed by atoms with Crippen LogP contribution in [0.25, 0.3) is 0 Å². The number of hydrogen-bond acceptors (Lipinski definition) is 6. The lowest BCUT2D eigenvalue weighted by molar-refractivity contribution is -0.192. The van der Waals surface area contributed by atoms with Crippen molar-refractivity contribution in [1.82, 2.24) is 10.2 Å². The predicted octanol–water partition coefficient (Wildman–Crippen LogP) is 2.88. The summed E-state index contributed by atoms with van der Waals surface area (Å²) in [6.45, 7) is 7.50. The Morgan fingerprint density at radius 1 is 1.06 bits per heavy atom. The van der Waals surface area contributed by atoms with E-state index in [2.05, 4.69) is 5.32 Å². The van der Waals surface area contributed by atoms with E-state index in [0.29, 0.717) is 18.8 Å². The van der Waals surface area contributed by atoms with E-state index >= 15 is 0 Å². The van der Waals surface area contributed by atoms with Crippen LogP contribution in [0.5, 0.6) is 0 Å². The van der Waals surface area contributed by atoms with Gasteiger partial charge in [-0.3, -0.25) is 14.4 Å². The van der Waals surface area contributed by atoms with Crippen LogP contribution >= 0.6 is 21.6 Å². The summed E-state index contributed by atoms with van der Waals surface area (Å²) >= 11 is 0. The van der Waals surface area contributed by atoms with Crippen molar-refractivity contribution < 1.29 is 42.6 Å². The van der Waals surface area contributed by atoms with Crippen LogP contribution in [-0.4, -0.2) is 76.2 Å². The minimum atomic E-state index is -5.08. The maximum atomic E-state index is 12.3. The van der Waals surface area contributed by atoms with Gasteiger partial charge in [0.15, 0.2) is 0 Å². The van der Waals surface area contributed by atoms with E-state index in [4.69, 9.17) is 15.0 Å². The van der Waals surface area contributed by atoms with Gasteiger partial charge in [0, 0.05) is 36.6 Å². The van der Waals surface area contributed by atoms with Gasteiger partial charge in [0.2, 0.25) is 11.8 Å². The van der Waals surface area contributed by atoms with Crippen LogP contribution < -0.4 is 5.32 Å². The molecule has 180 valence electrons. The molecule has 31 heavy (non-hydrogen) atoms. The second-order valence-electron chi connectivity index (χ2n) is 7.72. The van der Waals surface area contributed by atoms with E-state index in [1.54, 1.807) is 10.8 Å². The van der Waals surface area contributed by atoms with Gasteiger partial charge < -0.3 is 20.4 Å². The Balaban J connectivity index is 0.00000110. The fourth-order valence-electron chi connectivity index (χ4n) is 2.46. The molecule has 1 atom stereocenters. The molecule has 2 amide bonds. The van der Waals surface area contributed by atoms with Crippen molar-refractivity contribution in [1.29, 1.82) is 0 Å². The van der Waals surface area contributed by atoms with E-state index in [-0.39, 0.29) is 24.2 Å². The maximum absolute atomic E-state index is 12.3. The molecule has 0 aromatic rings. The number of carboxylic acid groups (broad SMARTS) is 2. The number of carbonyl (C=O) groups excluding carboxylic acids is 2. The highest BCUT2D eigenvalue weighted by molar-refractivity contribution is 8.76. The van der Waals surface area contributed by atoms with Crippen LogP contribution in [0.3, 0.4) is 0 Å². The van der Waals surface area contributed by atoms with Crippen molar-refractivity contribution in [3.8, 4) is 0 Å². The van der Waals surface area contributed by atoms with Gasteiger partial charge in [0.05, 0.1) is 12.3 Å². The van der Waals surface area contributed by atoms with Crippen molar-refractivity contribution in [3.63, 3.8) is 0 Å². The Bertz CT molecular complexity index is 626. The minimum Gasteiger partial charge on any atom is -0.481 e. The zero-order valence-electron chi connectivity index (χ0n) is 17.7. The summed E-state index contributed by atoms with van der Waals surface area (Å²) < 4.78 is 31.7. The zero-order chi connectivity index (χ0) is 24.2. The Morgan fingerprint density at radius 2 is 1.61 bits per heavy atom. The van der Waals surface area contributed by atoms with Crippen LogP contribution in [0.2, 0.25) is 0 Å². The molecule has 1 unspecified atom stereocenters. The zero-order valence-corrected chi connectivity index (χ0v) is 19.3. The SMILES string of the molecule is CC(C)(C)C(=O)N1CCCC(C(=O)NCCSSCCC(=O)O)C1.O=C(O)C(F)(F)F. The van der Waals surface area contributed by atoms with E-state index in [1.165, 1.54) is 10.8 Å². The second-order valence-corrected chi connectivity index (χ2v) is 10.4. The van der Waals surface area contributed by atoms with E-state index in [9.17, 15) is 27.6 Å². The molecule has 13 heteroatoms. The number of likely N-dealkylation sites (tertiary alicyclic amines) is 1. The lowest BCUT2D eigenvalue weighted by atomic mass is 9.91. The van der Waals surface area contributed by atoms with Crippen molar-refractivity contribution in [2.45, 2.75) is 46.2 Å². The number of carboxylic acids is 2. The van der Waals surface area contributed by atoms with Gasteiger partial charge in [-0.15, -0.1) is 0 Å². The number of hydrogen-bond donors (Lipinski definition) is 3. The molecule has 0 aliphatic carbocycles. The first-order valence-electron chi connectivity index (χ1n) is 9.49. The summed E-state index contributed by atoms with van der Waals surface area (Å²) in [5, 5.41) is 18.6. The van der Waals surface area contributed by atoms with Crippen LogP contribution in [-0.2, 0) is 19.2 Å². The summed E-state index contributed by atoms with van der Waals surface area (Å²) in [5.41, 5.74) is -0.415. The van der Waals surface area contributed by atoms with Crippen molar-refractivity contribution >= 4 is 45.3 Å². The van der Waals surface area contributed by atoms with Crippen molar-refractivity contribution in [3.05, 3.63) is 0 Å². The molecule has 0 aromatic carbocycles. The monoisotopic (exact) mass is 490 g/mol. The molecule has 3 N–H and O–H groups in total. The lowest BCUT2D eigenvalue weighted by Crippen LogP contribution is -2.48. The average molecular weight is 491 g/mol. The van der Waals surface area contributed by atoms with Crippen LogP contribution in [0, 0.1) is 11.3 Å². The molecule has 0 radical (unpaired) electrons. The fraction of sp³-hybridized carbons (Fsp3) is 0.778. The highest BCUT2D eigenvalue weighted by Crippen LogP contribution is 2.24. The third-order valence-corrected chi connectivity index (χ3v) is 6.34. The van der Waals surface area contributed by atoms with Gasteiger partial charge in [-0.2, -0.15) is 13.2 Å². The average Bonchev–Trinajstić information content (AvgIpc) is 2.65. The molecule has 1 aliphatic rings.